The molecule has 0 fully saturated rings. The molecule has 1 aromatic carbocycles. The molecule has 3 amide bonds. The van der Waals surface area contributed by atoms with Gasteiger partial charge < -0.3 is 20.1 Å². The van der Waals surface area contributed by atoms with E-state index in [1.54, 1.807) is 32.9 Å². The van der Waals surface area contributed by atoms with Crippen molar-refractivity contribution in [1.82, 2.24) is 15.7 Å². The number of hydrogen-bond acceptors (Lipinski definition) is 7. The highest BCUT2D eigenvalue weighted by atomic mass is 16.7. The summed E-state index contributed by atoms with van der Waals surface area (Å²) in [7, 11) is 2.76. The number of carbonyl (C=O) groups excluding carboxylic acids is 4. The van der Waals surface area contributed by atoms with E-state index in [-0.39, 0.29) is 12.5 Å². The number of alkyl carbamates (subject to hydrolysis) is 1. The van der Waals surface area contributed by atoms with E-state index in [9.17, 15) is 19.2 Å². The van der Waals surface area contributed by atoms with Gasteiger partial charge in [-0.2, -0.15) is 0 Å². The van der Waals surface area contributed by atoms with Crippen LogP contribution in [0.3, 0.4) is 0 Å². The minimum Gasteiger partial charge on any atom is -0.461 e. The van der Waals surface area contributed by atoms with Gasteiger partial charge in [0.15, 0.2) is 0 Å². The van der Waals surface area contributed by atoms with Crippen molar-refractivity contribution in [2.75, 3.05) is 14.2 Å². The van der Waals surface area contributed by atoms with E-state index >= 15 is 0 Å². The van der Waals surface area contributed by atoms with Crippen LogP contribution in [0.4, 0.5) is 4.79 Å². The quantitative estimate of drug-likeness (QED) is 0.369. The summed E-state index contributed by atoms with van der Waals surface area (Å²) >= 11 is 0. The normalized spacial score (nSPS) is 12.9. The van der Waals surface area contributed by atoms with E-state index in [0.29, 0.717) is 6.42 Å². The zero-order chi connectivity index (χ0) is 25.9. The maximum atomic E-state index is 13.1. The maximum absolute atomic E-state index is 13.1. The van der Waals surface area contributed by atoms with E-state index in [1.165, 1.54) is 14.2 Å². The highest BCUT2D eigenvalue weighted by molar-refractivity contribution is 5.93. The summed E-state index contributed by atoms with van der Waals surface area (Å²) < 4.78 is 10.5. The van der Waals surface area contributed by atoms with E-state index in [2.05, 4.69) is 10.6 Å². The van der Waals surface area contributed by atoms with E-state index in [4.69, 9.17) is 14.3 Å². The van der Waals surface area contributed by atoms with Crippen molar-refractivity contribution >= 4 is 23.9 Å². The molecule has 190 valence electrons. The number of rotatable bonds is 11. The van der Waals surface area contributed by atoms with Crippen LogP contribution in [0.5, 0.6) is 0 Å². The second-order valence-corrected chi connectivity index (χ2v) is 9.26. The average Bonchev–Trinajstić information content (AvgIpc) is 2.74. The molecule has 0 saturated heterocycles. The van der Waals surface area contributed by atoms with Crippen LogP contribution in [-0.4, -0.2) is 60.8 Å². The first-order valence-electron chi connectivity index (χ1n) is 11.1. The third-order valence-corrected chi connectivity index (χ3v) is 4.53. The lowest BCUT2D eigenvalue weighted by molar-refractivity contribution is -0.172. The van der Waals surface area contributed by atoms with Gasteiger partial charge in [0.25, 0.3) is 5.91 Å². The Labute approximate surface area is 201 Å². The molecule has 10 nitrogen and oxygen atoms in total. The zero-order valence-corrected chi connectivity index (χ0v) is 21.0. The van der Waals surface area contributed by atoms with Gasteiger partial charge in [0.1, 0.15) is 24.3 Å². The summed E-state index contributed by atoms with van der Waals surface area (Å²) in [6.07, 6.45) is -0.986. The molecule has 0 aromatic heterocycles. The highest BCUT2D eigenvalue weighted by Crippen LogP contribution is 2.11. The number of hydroxylamine groups is 2. The Bertz CT molecular complexity index is 822. The molecular weight excluding hydrogens is 442 g/mol. The molecule has 34 heavy (non-hydrogen) atoms. The van der Waals surface area contributed by atoms with Crippen LogP contribution in [0, 0.1) is 5.92 Å². The number of amides is 3. The monoisotopic (exact) mass is 479 g/mol. The first kappa shape index (κ1) is 28.9. The summed E-state index contributed by atoms with van der Waals surface area (Å²) in [4.78, 5) is 55.4. The van der Waals surface area contributed by atoms with Crippen molar-refractivity contribution in [1.29, 1.82) is 0 Å². The average molecular weight is 480 g/mol. The fraction of sp³-hybridized carbons (Fsp3) is 0.583. The molecule has 0 heterocycles. The summed E-state index contributed by atoms with van der Waals surface area (Å²) in [5.74, 6) is -1.80. The Morgan fingerprint density at radius 2 is 1.62 bits per heavy atom. The molecule has 2 unspecified atom stereocenters. The largest absolute Gasteiger partial charge is 0.461 e. The fourth-order valence-electron chi connectivity index (χ4n) is 2.90. The number of benzene rings is 1. The van der Waals surface area contributed by atoms with Crippen molar-refractivity contribution in [3.8, 4) is 0 Å². The summed E-state index contributed by atoms with van der Waals surface area (Å²) in [5.41, 5.74) is -0.0295. The molecule has 0 aliphatic heterocycles. The predicted octanol–water partition coefficient (Wildman–Crippen LogP) is 2.56. The Kier molecular flexibility index (Phi) is 11.5. The number of nitrogens with one attached hydrogen (secondary N) is 2. The van der Waals surface area contributed by atoms with Gasteiger partial charge in [0.05, 0.1) is 13.5 Å². The molecule has 2 atom stereocenters. The van der Waals surface area contributed by atoms with Gasteiger partial charge in [0, 0.05) is 7.05 Å². The number of nitrogens with zero attached hydrogens (tertiary/aromatic N) is 1. The number of likely N-dealkylation sites (N-methyl/N-ethyl adjacent to an activating group) is 1. The lowest BCUT2D eigenvalue weighted by Crippen LogP contribution is -2.55. The molecule has 0 radical (unpaired) electrons. The SMILES string of the molecule is CON(C)C(=O)C(CC(C)C)NC(=O)C(CC(=O)OCc1ccccc1)NC(=O)OC(C)(C)C. The first-order chi connectivity index (χ1) is 15.8. The van der Waals surface area contributed by atoms with Crippen LogP contribution in [0.15, 0.2) is 30.3 Å². The fourth-order valence-corrected chi connectivity index (χ4v) is 2.90. The Hall–Kier alpha value is -3.14. The molecule has 10 heteroatoms. The number of esters is 1. The Balaban J connectivity index is 2.96. The van der Waals surface area contributed by atoms with Gasteiger partial charge >= 0.3 is 12.1 Å². The number of hydrogen-bond donors (Lipinski definition) is 2. The van der Waals surface area contributed by atoms with Gasteiger partial charge in [-0.1, -0.05) is 44.2 Å². The zero-order valence-electron chi connectivity index (χ0n) is 21.0. The van der Waals surface area contributed by atoms with E-state index in [0.717, 1.165) is 10.6 Å². The van der Waals surface area contributed by atoms with Gasteiger partial charge in [-0.05, 0) is 38.7 Å². The van der Waals surface area contributed by atoms with Gasteiger partial charge in [-0.25, -0.2) is 9.86 Å². The van der Waals surface area contributed by atoms with Crippen molar-refractivity contribution in [2.45, 2.75) is 71.8 Å². The second kappa shape index (κ2) is 13.5. The lowest BCUT2D eigenvalue weighted by Gasteiger charge is -2.27. The number of ether oxygens (including phenoxy) is 2. The maximum Gasteiger partial charge on any atom is 0.408 e. The van der Waals surface area contributed by atoms with Gasteiger partial charge in [-0.15, -0.1) is 0 Å². The Morgan fingerprint density at radius 3 is 2.15 bits per heavy atom. The predicted molar refractivity (Wildman–Crippen MR) is 125 cm³/mol. The molecule has 0 spiro atoms. The molecule has 1 rings (SSSR count). The molecule has 1 aromatic rings. The minimum atomic E-state index is -1.31. The highest BCUT2D eigenvalue weighted by Gasteiger charge is 2.32. The lowest BCUT2D eigenvalue weighted by atomic mass is 10.0. The standard InChI is InChI=1S/C24H37N3O7/c1-16(2)13-19(22(30)27(6)32-7)25-21(29)18(26-23(31)34-24(3,4)5)14-20(28)33-15-17-11-9-8-10-12-17/h8-12,16,18-19H,13-15H2,1-7H3,(H,25,29)(H,26,31). The summed E-state index contributed by atoms with van der Waals surface area (Å²) in [6, 6.07) is 6.83. The minimum absolute atomic E-state index is 0.0214. The summed E-state index contributed by atoms with van der Waals surface area (Å²) in [5, 5.41) is 6.05. The molecular formula is C24H37N3O7. The van der Waals surface area contributed by atoms with E-state index < -0.39 is 48.0 Å². The van der Waals surface area contributed by atoms with Crippen LogP contribution >= 0.6 is 0 Å². The van der Waals surface area contributed by atoms with Crippen molar-refractivity contribution < 1.29 is 33.5 Å². The van der Waals surface area contributed by atoms with Crippen LogP contribution in [0.2, 0.25) is 0 Å². The van der Waals surface area contributed by atoms with E-state index in [1.807, 2.05) is 32.0 Å². The first-order valence-corrected chi connectivity index (χ1v) is 11.1. The van der Waals surface area contributed by atoms with Crippen LogP contribution in [0.1, 0.15) is 53.0 Å². The Morgan fingerprint density at radius 1 is 1.00 bits per heavy atom. The van der Waals surface area contributed by atoms with Crippen LogP contribution in [-0.2, 0) is 35.3 Å². The molecule has 0 saturated carbocycles. The second-order valence-electron chi connectivity index (χ2n) is 9.26. The summed E-state index contributed by atoms with van der Waals surface area (Å²) in [6.45, 7) is 8.84. The molecule has 0 aliphatic rings. The molecule has 2 N–H and O–H groups in total. The van der Waals surface area contributed by atoms with Gasteiger partial charge in [0.2, 0.25) is 5.91 Å². The van der Waals surface area contributed by atoms with Gasteiger partial charge in [-0.3, -0.25) is 19.2 Å². The van der Waals surface area contributed by atoms with Crippen LogP contribution in [0.25, 0.3) is 0 Å². The van der Waals surface area contributed by atoms with Crippen molar-refractivity contribution in [2.24, 2.45) is 5.92 Å². The van der Waals surface area contributed by atoms with Crippen LogP contribution < -0.4 is 10.6 Å². The number of carbonyl (C=O) groups is 4. The third-order valence-electron chi connectivity index (χ3n) is 4.53. The molecule has 0 bridgehead atoms. The smallest absolute Gasteiger partial charge is 0.408 e. The molecule has 0 aliphatic carbocycles. The topological polar surface area (TPSA) is 123 Å². The van der Waals surface area contributed by atoms with Crippen molar-refractivity contribution in [3.05, 3.63) is 35.9 Å². The third kappa shape index (κ3) is 11.1. The van der Waals surface area contributed by atoms with Crippen molar-refractivity contribution in [3.63, 3.8) is 0 Å².